The molecule has 0 bridgehead atoms. The van der Waals surface area contributed by atoms with Gasteiger partial charge in [-0.05, 0) is 18.1 Å². The van der Waals surface area contributed by atoms with Crippen molar-refractivity contribution in [2.75, 3.05) is 18.7 Å². The van der Waals surface area contributed by atoms with Gasteiger partial charge in [-0.15, -0.1) is 0 Å². The summed E-state index contributed by atoms with van der Waals surface area (Å²) in [5.41, 5.74) is 0.912. The number of nitrogens with one attached hydrogen (secondary N) is 1. The molecular weight excluding hydrogens is 230 g/mol. The van der Waals surface area contributed by atoms with E-state index in [0.717, 1.165) is 5.69 Å². The number of benzene rings is 1. The number of ether oxygens (including phenoxy) is 1. The Morgan fingerprint density at radius 1 is 1.39 bits per heavy atom. The second-order valence-electron chi connectivity index (χ2n) is 4.47. The lowest BCUT2D eigenvalue weighted by molar-refractivity contribution is 0.163. The number of carbonyl (C=O) groups excluding carboxylic acids is 1. The van der Waals surface area contributed by atoms with Crippen molar-refractivity contribution in [3.05, 3.63) is 30.3 Å². The fourth-order valence-electron chi connectivity index (χ4n) is 1.57. The highest BCUT2D eigenvalue weighted by Gasteiger charge is 2.18. The van der Waals surface area contributed by atoms with Crippen molar-refractivity contribution >= 4 is 11.8 Å². The normalized spacial score (nSPS) is 12.1. The molecule has 3 N–H and O–H groups in total. The Hall–Kier alpha value is -1.75. The molecule has 5 heteroatoms. The number of para-hydroxylation sites is 1. The van der Waals surface area contributed by atoms with Gasteiger partial charge in [0.25, 0.3) is 0 Å². The first-order valence-electron chi connectivity index (χ1n) is 5.96. The standard InChI is InChI=1S/C13H21N3O2/c1-10(2)12(15-13(17)18-3)9-16(14)11-7-5-4-6-8-11/h4-8,10,12H,9,14H2,1-3H3,(H,15,17). The molecule has 5 nitrogen and oxygen atoms in total. The van der Waals surface area contributed by atoms with E-state index in [0.29, 0.717) is 6.54 Å². The summed E-state index contributed by atoms with van der Waals surface area (Å²) in [6.45, 7) is 4.58. The van der Waals surface area contributed by atoms with E-state index < -0.39 is 6.09 Å². The molecule has 1 rings (SSSR count). The number of amides is 1. The quantitative estimate of drug-likeness (QED) is 0.618. The van der Waals surface area contributed by atoms with Crippen molar-refractivity contribution < 1.29 is 9.53 Å². The van der Waals surface area contributed by atoms with Gasteiger partial charge in [-0.2, -0.15) is 0 Å². The molecule has 0 aromatic heterocycles. The van der Waals surface area contributed by atoms with Gasteiger partial charge in [0.2, 0.25) is 0 Å². The third kappa shape index (κ3) is 4.25. The molecule has 0 heterocycles. The van der Waals surface area contributed by atoms with Gasteiger partial charge in [0, 0.05) is 0 Å². The second-order valence-corrected chi connectivity index (χ2v) is 4.47. The van der Waals surface area contributed by atoms with E-state index in [9.17, 15) is 4.79 Å². The van der Waals surface area contributed by atoms with E-state index in [-0.39, 0.29) is 12.0 Å². The molecule has 0 aliphatic rings. The molecule has 0 aliphatic carbocycles. The number of rotatable bonds is 5. The molecule has 100 valence electrons. The van der Waals surface area contributed by atoms with Gasteiger partial charge in [0.1, 0.15) is 0 Å². The summed E-state index contributed by atoms with van der Waals surface area (Å²) in [6, 6.07) is 9.57. The van der Waals surface area contributed by atoms with Crippen LogP contribution in [0, 0.1) is 5.92 Å². The van der Waals surface area contributed by atoms with Gasteiger partial charge in [0.15, 0.2) is 0 Å². The number of nitrogens with two attached hydrogens (primary N) is 1. The molecule has 1 aromatic carbocycles. The van der Waals surface area contributed by atoms with Gasteiger partial charge in [0.05, 0.1) is 25.4 Å². The van der Waals surface area contributed by atoms with Crippen LogP contribution in [0.5, 0.6) is 0 Å². The Morgan fingerprint density at radius 3 is 2.50 bits per heavy atom. The van der Waals surface area contributed by atoms with Gasteiger partial charge < -0.3 is 15.1 Å². The lowest BCUT2D eigenvalue weighted by atomic mass is 10.0. The summed E-state index contributed by atoms with van der Waals surface area (Å²) >= 11 is 0. The molecule has 1 unspecified atom stereocenters. The number of nitrogens with zero attached hydrogens (tertiary/aromatic N) is 1. The van der Waals surface area contributed by atoms with E-state index in [1.54, 1.807) is 5.01 Å². The molecule has 18 heavy (non-hydrogen) atoms. The lowest BCUT2D eigenvalue weighted by Crippen LogP contribution is -2.49. The van der Waals surface area contributed by atoms with Crippen LogP contribution in [0.2, 0.25) is 0 Å². The van der Waals surface area contributed by atoms with E-state index in [1.807, 2.05) is 44.2 Å². The van der Waals surface area contributed by atoms with Crippen LogP contribution in [0.1, 0.15) is 13.8 Å². The minimum atomic E-state index is -0.435. The predicted octanol–water partition coefficient (Wildman–Crippen LogP) is 1.75. The van der Waals surface area contributed by atoms with Crippen molar-refractivity contribution in [2.24, 2.45) is 11.8 Å². The first-order chi connectivity index (χ1) is 8.54. The summed E-state index contributed by atoms with van der Waals surface area (Å²) < 4.78 is 4.61. The SMILES string of the molecule is COC(=O)NC(CN(N)c1ccccc1)C(C)C. The predicted molar refractivity (Wildman–Crippen MR) is 72.1 cm³/mol. The maximum atomic E-state index is 11.3. The smallest absolute Gasteiger partial charge is 0.407 e. The fraction of sp³-hybridized carbons (Fsp3) is 0.462. The van der Waals surface area contributed by atoms with Gasteiger partial charge in [-0.1, -0.05) is 32.0 Å². The summed E-state index contributed by atoms with van der Waals surface area (Å²) in [4.78, 5) is 11.3. The Kier molecular flexibility index (Phi) is 5.45. The van der Waals surface area contributed by atoms with Gasteiger partial charge >= 0.3 is 6.09 Å². The molecular formula is C13H21N3O2. The molecule has 1 aromatic rings. The molecule has 0 spiro atoms. The van der Waals surface area contributed by atoms with Gasteiger partial charge in [-0.3, -0.25) is 0 Å². The molecule has 0 fully saturated rings. The number of hydrazine groups is 1. The van der Waals surface area contributed by atoms with Gasteiger partial charge in [-0.25, -0.2) is 10.6 Å². The van der Waals surface area contributed by atoms with E-state index in [1.165, 1.54) is 7.11 Å². The molecule has 1 atom stereocenters. The Balaban J connectivity index is 2.63. The Bertz CT molecular complexity index is 368. The highest BCUT2D eigenvalue weighted by atomic mass is 16.5. The third-order valence-corrected chi connectivity index (χ3v) is 2.77. The number of anilines is 1. The third-order valence-electron chi connectivity index (χ3n) is 2.77. The van der Waals surface area contributed by atoms with Crippen molar-refractivity contribution in [1.29, 1.82) is 0 Å². The van der Waals surface area contributed by atoms with Crippen LogP contribution in [0.3, 0.4) is 0 Å². The first kappa shape index (κ1) is 14.3. The molecule has 0 radical (unpaired) electrons. The van der Waals surface area contributed by atoms with E-state index in [4.69, 9.17) is 5.84 Å². The number of hydrogen-bond acceptors (Lipinski definition) is 4. The average Bonchev–Trinajstić information content (AvgIpc) is 2.38. The fourth-order valence-corrected chi connectivity index (χ4v) is 1.57. The molecule has 0 saturated heterocycles. The minimum absolute atomic E-state index is 0.0670. The maximum absolute atomic E-state index is 11.3. The summed E-state index contributed by atoms with van der Waals surface area (Å²) in [5.74, 6) is 6.25. The Morgan fingerprint density at radius 2 is 2.00 bits per heavy atom. The number of hydrogen-bond donors (Lipinski definition) is 2. The van der Waals surface area contributed by atoms with Crippen LogP contribution in [-0.4, -0.2) is 25.8 Å². The Labute approximate surface area is 108 Å². The van der Waals surface area contributed by atoms with Crippen LogP contribution in [0.15, 0.2) is 30.3 Å². The highest BCUT2D eigenvalue weighted by Crippen LogP contribution is 2.12. The topological polar surface area (TPSA) is 67.6 Å². The molecule has 0 saturated carbocycles. The number of alkyl carbamates (subject to hydrolysis) is 1. The van der Waals surface area contributed by atoms with Crippen molar-refractivity contribution in [3.63, 3.8) is 0 Å². The van der Waals surface area contributed by atoms with E-state index in [2.05, 4.69) is 10.1 Å². The maximum Gasteiger partial charge on any atom is 0.407 e. The van der Waals surface area contributed by atoms with Crippen LogP contribution in [-0.2, 0) is 4.74 Å². The van der Waals surface area contributed by atoms with E-state index >= 15 is 0 Å². The number of carbonyl (C=O) groups is 1. The van der Waals surface area contributed by atoms with Crippen molar-refractivity contribution in [3.8, 4) is 0 Å². The largest absolute Gasteiger partial charge is 0.453 e. The second kappa shape index (κ2) is 6.86. The lowest BCUT2D eigenvalue weighted by Gasteiger charge is -2.28. The minimum Gasteiger partial charge on any atom is -0.453 e. The van der Waals surface area contributed by atoms with Crippen molar-refractivity contribution in [2.45, 2.75) is 19.9 Å². The van der Waals surface area contributed by atoms with Crippen LogP contribution >= 0.6 is 0 Å². The molecule has 0 aliphatic heterocycles. The zero-order valence-corrected chi connectivity index (χ0v) is 11.1. The summed E-state index contributed by atoms with van der Waals surface area (Å²) in [5, 5.41) is 4.41. The zero-order chi connectivity index (χ0) is 13.5. The summed E-state index contributed by atoms with van der Waals surface area (Å²) in [7, 11) is 1.35. The zero-order valence-electron chi connectivity index (χ0n) is 11.1. The van der Waals surface area contributed by atoms with Crippen molar-refractivity contribution in [1.82, 2.24) is 5.32 Å². The van der Waals surface area contributed by atoms with Crippen LogP contribution in [0.4, 0.5) is 10.5 Å². The van der Waals surface area contributed by atoms with Crippen LogP contribution < -0.4 is 16.2 Å². The monoisotopic (exact) mass is 251 g/mol. The molecule has 1 amide bonds. The first-order valence-corrected chi connectivity index (χ1v) is 5.96. The summed E-state index contributed by atoms with van der Waals surface area (Å²) in [6.07, 6.45) is -0.435. The highest BCUT2D eigenvalue weighted by molar-refractivity contribution is 5.67. The average molecular weight is 251 g/mol. The number of methoxy groups -OCH3 is 1. The van der Waals surface area contributed by atoms with Crippen LogP contribution in [0.25, 0.3) is 0 Å².